The standard InChI is InChI=1S/C22H30N4O2.HI/c1-2-23-22(26-12-17-18(13-26)20-9-8-19(17)28-20)24-11-14-4-3-5-15(10-14)21(27)25-16-6-7-16;/h3-5,10,16-20H,2,6-9,11-13H2,1H3,(H,23,24)(H,25,27);1H. The lowest BCUT2D eigenvalue weighted by Crippen LogP contribution is -2.41. The first-order chi connectivity index (χ1) is 13.7. The number of rotatable bonds is 5. The maximum absolute atomic E-state index is 12.3. The number of hydrogen-bond donors (Lipinski definition) is 2. The van der Waals surface area contributed by atoms with Crippen LogP contribution in [0.4, 0.5) is 0 Å². The average molecular weight is 510 g/mol. The van der Waals surface area contributed by atoms with Gasteiger partial charge in [0.05, 0.1) is 18.8 Å². The van der Waals surface area contributed by atoms with Gasteiger partial charge in [-0.15, -0.1) is 24.0 Å². The summed E-state index contributed by atoms with van der Waals surface area (Å²) in [6, 6.07) is 8.23. The van der Waals surface area contributed by atoms with Gasteiger partial charge in [0.1, 0.15) is 0 Å². The minimum Gasteiger partial charge on any atom is -0.374 e. The van der Waals surface area contributed by atoms with Crippen LogP contribution in [0, 0.1) is 11.8 Å². The highest BCUT2D eigenvalue weighted by molar-refractivity contribution is 14.0. The first kappa shape index (κ1) is 20.9. The molecule has 4 aliphatic rings. The van der Waals surface area contributed by atoms with Crippen molar-refractivity contribution in [3.63, 3.8) is 0 Å². The van der Waals surface area contributed by atoms with Crippen molar-refractivity contribution in [3.05, 3.63) is 35.4 Å². The van der Waals surface area contributed by atoms with Gasteiger partial charge in [-0.05, 0) is 50.3 Å². The molecule has 5 rings (SSSR count). The van der Waals surface area contributed by atoms with Crippen molar-refractivity contribution in [3.8, 4) is 0 Å². The summed E-state index contributed by atoms with van der Waals surface area (Å²) in [5.41, 5.74) is 1.80. The van der Waals surface area contributed by atoms with Crippen molar-refractivity contribution in [2.75, 3.05) is 19.6 Å². The molecule has 2 N–H and O–H groups in total. The zero-order valence-electron chi connectivity index (χ0n) is 17.0. The van der Waals surface area contributed by atoms with Crippen LogP contribution in [0.15, 0.2) is 29.3 Å². The van der Waals surface area contributed by atoms with E-state index in [0.29, 0.717) is 36.6 Å². The molecule has 158 valence electrons. The van der Waals surface area contributed by atoms with Crippen molar-refractivity contribution in [1.29, 1.82) is 0 Å². The van der Waals surface area contributed by atoms with Gasteiger partial charge in [-0.25, -0.2) is 4.99 Å². The first-order valence-electron chi connectivity index (χ1n) is 10.8. The van der Waals surface area contributed by atoms with Gasteiger partial charge >= 0.3 is 0 Å². The van der Waals surface area contributed by atoms with Crippen LogP contribution < -0.4 is 10.6 Å². The van der Waals surface area contributed by atoms with Crippen molar-refractivity contribution in [2.45, 2.75) is 57.4 Å². The Morgan fingerprint density at radius 3 is 2.55 bits per heavy atom. The Morgan fingerprint density at radius 2 is 1.90 bits per heavy atom. The van der Waals surface area contributed by atoms with Gasteiger partial charge in [-0.2, -0.15) is 0 Å². The largest absolute Gasteiger partial charge is 0.374 e. The summed E-state index contributed by atoms with van der Waals surface area (Å²) >= 11 is 0. The van der Waals surface area contributed by atoms with E-state index in [9.17, 15) is 4.79 Å². The molecule has 1 amide bonds. The van der Waals surface area contributed by atoms with E-state index in [-0.39, 0.29) is 29.9 Å². The second kappa shape index (κ2) is 8.79. The molecular formula is C22H31IN4O2. The van der Waals surface area contributed by atoms with Gasteiger partial charge in [0, 0.05) is 43.1 Å². The molecule has 4 fully saturated rings. The fraction of sp³-hybridized carbons (Fsp3) is 0.636. The Balaban J connectivity index is 0.00000205. The van der Waals surface area contributed by atoms with E-state index in [1.807, 2.05) is 24.3 Å². The quantitative estimate of drug-likeness (QED) is 0.364. The molecule has 3 saturated heterocycles. The summed E-state index contributed by atoms with van der Waals surface area (Å²) in [5.74, 6) is 2.35. The number of amides is 1. The van der Waals surface area contributed by atoms with E-state index < -0.39 is 0 Å². The minimum absolute atomic E-state index is 0. The van der Waals surface area contributed by atoms with Crippen LogP contribution in [0.5, 0.6) is 0 Å². The number of halogens is 1. The van der Waals surface area contributed by atoms with Gasteiger partial charge in [0.2, 0.25) is 0 Å². The Kier molecular flexibility index (Phi) is 6.34. The molecule has 4 atom stereocenters. The Hall–Kier alpha value is -1.35. The number of benzene rings is 1. The zero-order valence-corrected chi connectivity index (χ0v) is 19.3. The lowest BCUT2D eigenvalue weighted by molar-refractivity contribution is 0.0767. The molecule has 3 aliphatic heterocycles. The maximum atomic E-state index is 12.3. The average Bonchev–Trinajstić information content (AvgIpc) is 3.11. The molecule has 1 aromatic carbocycles. The molecule has 1 saturated carbocycles. The zero-order chi connectivity index (χ0) is 19.1. The number of fused-ring (bicyclic) bond motifs is 5. The maximum Gasteiger partial charge on any atom is 0.251 e. The lowest BCUT2D eigenvalue weighted by Gasteiger charge is -2.23. The molecule has 0 radical (unpaired) electrons. The van der Waals surface area contributed by atoms with Gasteiger partial charge in [0.25, 0.3) is 5.91 Å². The van der Waals surface area contributed by atoms with Gasteiger partial charge in [-0.3, -0.25) is 4.79 Å². The molecular weight excluding hydrogens is 479 g/mol. The molecule has 3 heterocycles. The summed E-state index contributed by atoms with van der Waals surface area (Å²) in [5, 5.41) is 6.52. The number of carbonyl (C=O) groups excluding carboxylic acids is 1. The highest BCUT2D eigenvalue weighted by atomic mass is 127. The molecule has 0 spiro atoms. The number of aliphatic imine (C=N–C) groups is 1. The van der Waals surface area contributed by atoms with E-state index in [2.05, 4.69) is 22.5 Å². The Labute approximate surface area is 189 Å². The smallest absolute Gasteiger partial charge is 0.251 e. The summed E-state index contributed by atoms with van der Waals surface area (Å²) in [6.07, 6.45) is 5.58. The third-order valence-electron chi connectivity index (χ3n) is 6.60. The summed E-state index contributed by atoms with van der Waals surface area (Å²) < 4.78 is 6.10. The van der Waals surface area contributed by atoms with Crippen molar-refractivity contribution in [1.82, 2.24) is 15.5 Å². The summed E-state index contributed by atoms with van der Waals surface area (Å²) in [6.45, 7) is 5.64. The van der Waals surface area contributed by atoms with Crippen molar-refractivity contribution in [2.24, 2.45) is 16.8 Å². The molecule has 1 aliphatic carbocycles. The number of ether oxygens (including phenoxy) is 1. The Morgan fingerprint density at radius 1 is 1.17 bits per heavy atom. The second-order valence-corrected chi connectivity index (χ2v) is 8.64. The topological polar surface area (TPSA) is 66.0 Å². The number of hydrogen-bond acceptors (Lipinski definition) is 3. The minimum atomic E-state index is 0. The predicted octanol–water partition coefficient (Wildman–Crippen LogP) is 2.77. The molecule has 2 bridgehead atoms. The van der Waals surface area contributed by atoms with E-state index in [1.165, 1.54) is 12.8 Å². The predicted molar refractivity (Wildman–Crippen MR) is 124 cm³/mol. The molecule has 4 unspecified atom stereocenters. The fourth-order valence-corrected chi connectivity index (χ4v) is 5.03. The van der Waals surface area contributed by atoms with Crippen LogP contribution >= 0.6 is 24.0 Å². The summed E-state index contributed by atoms with van der Waals surface area (Å²) in [4.78, 5) is 19.6. The molecule has 29 heavy (non-hydrogen) atoms. The summed E-state index contributed by atoms with van der Waals surface area (Å²) in [7, 11) is 0. The third-order valence-corrected chi connectivity index (χ3v) is 6.60. The number of guanidine groups is 1. The first-order valence-corrected chi connectivity index (χ1v) is 10.8. The van der Waals surface area contributed by atoms with Crippen LogP contribution in [-0.2, 0) is 11.3 Å². The lowest BCUT2D eigenvalue weighted by atomic mass is 9.82. The second-order valence-electron chi connectivity index (χ2n) is 8.64. The van der Waals surface area contributed by atoms with Crippen LogP contribution in [0.25, 0.3) is 0 Å². The fourth-order valence-electron chi connectivity index (χ4n) is 5.03. The van der Waals surface area contributed by atoms with E-state index in [4.69, 9.17) is 9.73 Å². The van der Waals surface area contributed by atoms with Gasteiger partial charge in [-0.1, -0.05) is 12.1 Å². The molecule has 7 heteroatoms. The number of nitrogens with one attached hydrogen (secondary N) is 2. The van der Waals surface area contributed by atoms with Crippen molar-refractivity contribution >= 4 is 35.8 Å². The van der Waals surface area contributed by atoms with Gasteiger partial charge < -0.3 is 20.3 Å². The van der Waals surface area contributed by atoms with Crippen LogP contribution in [0.2, 0.25) is 0 Å². The Bertz CT molecular complexity index is 764. The van der Waals surface area contributed by atoms with Crippen LogP contribution in [0.3, 0.4) is 0 Å². The SMILES string of the molecule is CCNC(=NCc1cccc(C(=O)NC2CC2)c1)N1CC2C3CCC(O3)C2C1.I. The molecule has 0 aromatic heterocycles. The van der Waals surface area contributed by atoms with Gasteiger partial charge in [0.15, 0.2) is 5.96 Å². The monoisotopic (exact) mass is 510 g/mol. The molecule has 1 aromatic rings. The van der Waals surface area contributed by atoms with Crippen molar-refractivity contribution < 1.29 is 9.53 Å². The highest BCUT2D eigenvalue weighted by Crippen LogP contribution is 2.47. The number of likely N-dealkylation sites (tertiary alicyclic amines) is 1. The van der Waals surface area contributed by atoms with Crippen LogP contribution in [-0.4, -0.2) is 54.7 Å². The number of nitrogens with zero attached hydrogens (tertiary/aromatic N) is 2. The van der Waals surface area contributed by atoms with Crippen LogP contribution in [0.1, 0.15) is 48.5 Å². The number of carbonyl (C=O) groups is 1. The van der Waals surface area contributed by atoms with E-state index in [1.54, 1.807) is 0 Å². The highest BCUT2D eigenvalue weighted by Gasteiger charge is 2.53. The van der Waals surface area contributed by atoms with E-state index in [0.717, 1.165) is 49.6 Å². The normalized spacial score (nSPS) is 30.1. The molecule has 6 nitrogen and oxygen atoms in total. The third kappa shape index (κ3) is 4.40. The van der Waals surface area contributed by atoms with E-state index >= 15 is 0 Å².